The predicted octanol–water partition coefficient (Wildman–Crippen LogP) is 3.49. The summed E-state index contributed by atoms with van der Waals surface area (Å²) in [5.74, 6) is 0.183. The molecular formula is C13H14BrFN4O. The van der Waals surface area contributed by atoms with Crippen LogP contribution < -0.4 is 15.8 Å². The fourth-order valence-electron chi connectivity index (χ4n) is 1.53. The van der Waals surface area contributed by atoms with Gasteiger partial charge in [-0.05, 0) is 34.5 Å². The zero-order chi connectivity index (χ0) is 14.5. The molecule has 2 aromatic rings. The van der Waals surface area contributed by atoms with Gasteiger partial charge in [0.15, 0.2) is 5.82 Å². The third-order valence-electron chi connectivity index (χ3n) is 2.50. The summed E-state index contributed by atoms with van der Waals surface area (Å²) in [6.45, 7) is 2.48. The number of hydrogen-bond donors (Lipinski definition) is 2. The SMILES string of the molecule is CCCOc1ncnc(Nc2c(F)cccc2Br)c1N. The molecule has 3 N–H and O–H groups in total. The number of para-hydroxylation sites is 1. The quantitative estimate of drug-likeness (QED) is 0.871. The lowest BCUT2D eigenvalue weighted by Crippen LogP contribution is -2.06. The molecule has 106 valence electrons. The molecule has 0 unspecified atom stereocenters. The molecule has 0 amide bonds. The lowest BCUT2D eigenvalue weighted by Gasteiger charge is -2.13. The zero-order valence-corrected chi connectivity index (χ0v) is 12.4. The Kier molecular flexibility index (Phi) is 4.73. The van der Waals surface area contributed by atoms with Crippen molar-refractivity contribution in [1.82, 2.24) is 9.97 Å². The molecular weight excluding hydrogens is 327 g/mol. The second-order valence-corrected chi connectivity index (χ2v) is 4.87. The summed E-state index contributed by atoms with van der Waals surface area (Å²) < 4.78 is 19.7. The van der Waals surface area contributed by atoms with Gasteiger partial charge in [-0.3, -0.25) is 0 Å². The molecule has 2 rings (SSSR count). The smallest absolute Gasteiger partial charge is 0.242 e. The minimum absolute atomic E-state index is 0.246. The Labute approximate surface area is 124 Å². The van der Waals surface area contributed by atoms with Crippen molar-refractivity contribution >= 4 is 33.1 Å². The van der Waals surface area contributed by atoms with Crippen LogP contribution in [0.15, 0.2) is 29.0 Å². The van der Waals surface area contributed by atoms with Crippen molar-refractivity contribution in [3.8, 4) is 5.88 Å². The molecule has 0 radical (unpaired) electrons. The highest BCUT2D eigenvalue weighted by Crippen LogP contribution is 2.32. The minimum atomic E-state index is -0.409. The molecule has 0 atom stereocenters. The Hall–Kier alpha value is -1.89. The lowest BCUT2D eigenvalue weighted by atomic mass is 10.3. The van der Waals surface area contributed by atoms with Crippen LogP contribution >= 0.6 is 15.9 Å². The fourth-order valence-corrected chi connectivity index (χ4v) is 1.97. The number of benzene rings is 1. The molecule has 1 heterocycles. The first-order valence-electron chi connectivity index (χ1n) is 6.07. The van der Waals surface area contributed by atoms with Crippen molar-refractivity contribution in [1.29, 1.82) is 0 Å². The highest BCUT2D eigenvalue weighted by Gasteiger charge is 2.13. The summed E-state index contributed by atoms with van der Waals surface area (Å²) in [5.41, 5.74) is 6.43. The van der Waals surface area contributed by atoms with Gasteiger partial charge in [0.05, 0.1) is 12.3 Å². The average molecular weight is 341 g/mol. The van der Waals surface area contributed by atoms with Crippen LogP contribution in [0.3, 0.4) is 0 Å². The van der Waals surface area contributed by atoms with Crippen LogP contribution in [0, 0.1) is 5.82 Å². The number of nitrogens with two attached hydrogens (primary N) is 1. The number of nitrogen functional groups attached to an aromatic ring is 1. The van der Waals surface area contributed by atoms with Crippen LogP contribution in [0.5, 0.6) is 5.88 Å². The minimum Gasteiger partial charge on any atom is -0.476 e. The molecule has 20 heavy (non-hydrogen) atoms. The van der Waals surface area contributed by atoms with E-state index in [9.17, 15) is 4.39 Å². The fraction of sp³-hybridized carbons (Fsp3) is 0.231. The molecule has 0 bridgehead atoms. The number of aromatic nitrogens is 2. The van der Waals surface area contributed by atoms with Gasteiger partial charge in [0, 0.05) is 4.47 Å². The van der Waals surface area contributed by atoms with Crippen molar-refractivity contribution in [2.24, 2.45) is 0 Å². The zero-order valence-electron chi connectivity index (χ0n) is 10.9. The summed E-state index contributed by atoms with van der Waals surface area (Å²) in [6, 6.07) is 4.67. The van der Waals surface area contributed by atoms with E-state index in [4.69, 9.17) is 10.5 Å². The highest BCUT2D eigenvalue weighted by atomic mass is 79.9. The van der Waals surface area contributed by atoms with E-state index in [0.29, 0.717) is 16.9 Å². The van der Waals surface area contributed by atoms with Crippen LogP contribution in [-0.4, -0.2) is 16.6 Å². The molecule has 1 aromatic carbocycles. The Balaban J connectivity index is 2.30. The van der Waals surface area contributed by atoms with Crippen molar-refractivity contribution in [3.05, 3.63) is 34.8 Å². The van der Waals surface area contributed by atoms with E-state index in [1.165, 1.54) is 12.4 Å². The molecule has 7 heteroatoms. The van der Waals surface area contributed by atoms with Crippen molar-refractivity contribution < 1.29 is 9.13 Å². The Morgan fingerprint density at radius 2 is 2.20 bits per heavy atom. The molecule has 0 aliphatic rings. The molecule has 5 nitrogen and oxygen atoms in total. The first-order chi connectivity index (χ1) is 9.63. The van der Waals surface area contributed by atoms with Crippen LogP contribution in [0.2, 0.25) is 0 Å². The maximum Gasteiger partial charge on any atom is 0.242 e. The number of anilines is 3. The number of nitrogens with zero attached hydrogens (tertiary/aromatic N) is 2. The molecule has 0 saturated heterocycles. The van der Waals surface area contributed by atoms with Crippen molar-refractivity contribution in [2.45, 2.75) is 13.3 Å². The van der Waals surface area contributed by atoms with E-state index in [1.807, 2.05) is 6.92 Å². The topological polar surface area (TPSA) is 73.1 Å². The van der Waals surface area contributed by atoms with Gasteiger partial charge in [-0.15, -0.1) is 0 Å². The van der Waals surface area contributed by atoms with Crippen LogP contribution in [0.1, 0.15) is 13.3 Å². The standard InChI is InChI=1S/C13H14BrFN4O/c1-2-6-20-13-10(16)12(17-7-18-13)19-11-8(14)4-3-5-9(11)15/h3-5,7H,2,6,16H2,1H3,(H,17,18,19). The monoisotopic (exact) mass is 340 g/mol. The molecule has 0 fully saturated rings. The first-order valence-corrected chi connectivity index (χ1v) is 6.87. The van der Waals surface area contributed by atoms with E-state index in [-0.39, 0.29) is 17.3 Å². The van der Waals surface area contributed by atoms with Gasteiger partial charge in [0.25, 0.3) is 0 Å². The summed E-state index contributed by atoms with van der Waals surface area (Å²) in [6.07, 6.45) is 2.16. The van der Waals surface area contributed by atoms with Gasteiger partial charge < -0.3 is 15.8 Å². The Morgan fingerprint density at radius 1 is 1.40 bits per heavy atom. The van der Waals surface area contributed by atoms with E-state index in [2.05, 4.69) is 31.2 Å². The van der Waals surface area contributed by atoms with Crippen LogP contribution in [0.25, 0.3) is 0 Å². The molecule has 1 aromatic heterocycles. The lowest BCUT2D eigenvalue weighted by molar-refractivity contribution is 0.307. The van der Waals surface area contributed by atoms with Crippen LogP contribution in [0.4, 0.5) is 21.6 Å². The first kappa shape index (κ1) is 14.5. The summed E-state index contributed by atoms with van der Waals surface area (Å²) >= 11 is 3.27. The van der Waals surface area contributed by atoms with Gasteiger partial charge >= 0.3 is 0 Å². The number of ether oxygens (including phenoxy) is 1. The van der Waals surface area contributed by atoms with Crippen LogP contribution in [-0.2, 0) is 0 Å². The van der Waals surface area contributed by atoms with Crippen molar-refractivity contribution in [3.63, 3.8) is 0 Å². The number of nitrogens with one attached hydrogen (secondary N) is 1. The molecule has 0 aliphatic carbocycles. The van der Waals surface area contributed by atoms with E-state index in [0.717, 1.165) is 6.42 Å². The predicted molar refractivity (Wildman–Crippen MR) is 79.6 cm³/mol. The van der Waals surface area contributed by atoms with E-state index >= 15 is 0 Å². The third-order valence-corrected chi connectivity index (χ3v) is 3.16. The number of hydrogen-bond acceptors (Lipinski definition) is 5. The number of halogens is 2. The van der Waals surface area contributed by atoms with Gasteiger partial charge in [0.2, 0.25) is 5.88 Å². The largest absolute Gasteiger partial charge is 0.476 e. The summed E-state index contributed by atoms with van der Waals surface area (Å²) in [4.78, 5) is 7.97. The number of rotatable bonds is 5. The maximum absolute atomic E-state index is 13.8. The van der Waals surface area contributed by atoms with Crippen molar-refractivity contribution in [2.75, 3.05) is 17.7 Å². The van der Waals surface area contributed by atoms with E-state index in [1.54, 1.807) is 12.1 Å². The second kappa shape index (κ2) is 6.51. The average Bonchev–Trinajstić information content (AvgIpc) is 2.43. The molecule has 0 saturated carbocycles. The molecule has 0 spiro atoms. The third kappa shape index (κ3) is 3.16. The molecule has 0 aliphatic heterocycles. The summed E-state index contributed by atoms with van der Waals surface area (Å²) in [7, 11) is 0. The Bertz CT molecular complexity index is 589. The van der Waals surface area contributed by atoms with Gasteiger partial charge in [-0.2, -0.15) is 4.98 Å². The van der Waals surface area contributed by atoms with Gasteiger partial charge in [-0.25, -0.2) is 9.37 Å². The van der Waals surface area contributed by atoms with Gasteiger partial charge in [-0.1, -0.05) is 13.0 Å². The normalized spacial score (nSPS) is 10.3. The van der Waals surface area contributed by atoms with Gasteiger partial charge in [0.1, 0.15) is 17.8 Å². The maximum atomic E-state index is 13.8. The Morgan fingerprint density at radius 3 is 2.90 bits per heavy atom. The summed E-state index contributed by atoms with van der Waals surface area (Å²) in [5, 5.41) is 2.85. The highest BCUT2D eigenvalue weighted by molar-refractivity contribution is 9.10. The van der Waals surface area contributed by atoms with E-state index < -0.39 is 5.82 Å². The second-order valence-electron chi connectivity index (χ2n) is 4.01.